The van der Waals surface area contributed by atoms with Crippen molar-refractivity contribution in [2.24, 2.45) is 5.92 Å². The number of nitrogens with one attached hydrogen (secondary N) is 2. The lowest BCUT2D eigenvalue weighted by molar-refractivity contribution is -0.138. The van der Waals surface area contributed by atoms with Crippen LogP contribution in [0, 0.1) is 5.92 Å². The van der Waals surface area contributed by atoms with Crippen molar-refractivity contribution in [3.63, 3.8) is 0 Å². The van der Waals surface area contributed by atoms with Crippen LogP contribution in [0.15, 0.2) is 0 Å². The summed E-state index contributed by atoms with van der Waals surface area (Å²) < 4.78 is 5.08. The van der Waals surface area contributed by atoms with Gasteiger partial charge in [-0.25, -0.2) is 4.79 Å². The number of ether oxygens (including phenoxy) is 1. The van der Waals surface area contributed by atoms with Gasteiger partial charge in [0.2, 0.25) is 0 Å². The van der Waals surface area contributed by atoms with Gasteiger partial charge in [-0.3, -0.25) is 4.79 Å². The molecule has 0 aromatic carbocycles. The van der Waals surface area contributed by atoms with Crippen molar-refractivity contribution in [3.05, 3.63) is 0 Å². The minimum atomic E-state index is -0.878. The molecule has 19 heavy (non-hydrogen) atoms. The molecular weight excluding hydrogens is 248 g/mol. The van der Waals surface area contributed by atoms with Crippen molar-refractivity contribution in [2.45, 2.75) is 45.1 Å². The molecule has 1 aliphatic carbocycles. The van der Waals surface area contributed by atoms with Gasteiger partial charge in [-0.15, -0.1) is 0 Å². The van der Waals surface area contributed by atoms with Crippen LogP contribution in [0.3, 0.4) is 0 Å². The number of hydrogen-bond acceptors (Lipinski definition) is 3. The van der Waals surface area contributed by atoms with Gasteiger partial charge in [-0.05, 0) is 18.8 Å². The van der Waals surface area contributed by atoms with E-state index in [-0.39, 0.29) is 25.1 Å². The Bertz CT molecular complexity index is 296. The van der Waals surface area contributed by atoms with Gasteiger partial charge >= 0.3 is 12.0 Å². The molecule has 3 N–H and O–H groups in total. The highest BCUT2D eigenvalue weighted by Gasteiger charge is 2.22. The second kappa shape index (κ2) is 8.74. The number of amides is 2. The Balaban J connectivity index is 2.02. The molecule has 0 saturated heterocycles. The van der Waals surface area contributed by atoms with Crippen molar-refractivity contribution in [2.75, 3.05) is 19.8 Å². The van der Waals surface area contributed by atoms with E-state index in [1.54, 1.807) is 0 Å². The molecule has 0 aromatic heterocycles. The van der Waals surface area contributed by atoms with Gasteiger partial charge in [-0.1, -0.05) is 19.8 Å². The zero-order valence-corrected chi connectivity index (χ0v) is 11.5. The molecule has 110 valence electrons. The Hall–Kier alpha value is -1.30. The van der Waals surface area contributed by atoms with Crippen LogP contribution in [0.25, 0.3) is 0 Å². The summed E-state index contributed by atoms with van der Waals surface area (Å²) in [5.74, 6) is -0.344. The highest BCUT2D eigenvalue weighted by molar-refractivity contribution is 5.74. The van der Waals surface area contributed by atoms with Gasteiger partial charge in [-0.2, -0.15) is 0 Å². The Morgan fingerprint density at radius 1 is 1.26 bits per heavy atom. The Labute approximate surface area is 113 Å². The van der Waals surface area contributed by atoms with E-state index >= 15 is 0 Å². The second-order valence-corrected chi connectivity index (χ2v) is 5.02. The number of carboxylic acids is 1. The Morgan fingerprint density at radius 2 is 2.00 bits per heavy atom. The summed E-state index contributed by atoms with van der Waals surface area (Å²) in [4.78, 5) is 21.9. The smallest absolute Gasteiger partial charge is 0.315 e. The maximum absolute atomic E-state index is 11.6. The standard InChI is InChI=1S/C13H24N2O4/c1-10-4-2-3-5-11(10)15-13(18)14-7-9-19-8-6-12(16)17/h10-11H,2-9H2,1H3,(H,16,17)(H2,14,15,18). The molecule has 6 nitrogen and oxygen atoms in total. The first-order chi connectivity index (χ1) is 9.09. The molecule has 6 heteroatoms. The second-order valence-electron chi connectivity index (χ2n) is 5.02. The number of rotatable bonds is 7. The molecule has 1 aliphatic rings. The Kier molecular flexibility index (Phi) is 7.25. The number of carbonyl (C=O) groups excluding carboxylic acids is 1. The topological polar surface area (TPSA) is 87.7 Å². The van der Waals surface area contributed by atoms with Crippen molar-refractivity contribution < 1.29 is 19.4 Å². The van der Waals surface area contributed by atoms with Crippen LogP contribution in [-0.2, 0) is 9.53 Å². The van der Waals surface area contributed by atoms with Gasteiger partial charge < -0.3 is 20.5 Å². The van der Waals surface area contributed by atoms with Crippen LogP contribution in [-0.4, -0.2) is 42.9 Å². The molecule has 1 fully saturated rings. The molecule has 0 heterocycles. The number of hydrogen-bond donors (Lipinski definition) is 3. The van der Waals surface area contributed by atoms with E-state index in [4.69, 9.17) is 9.84 Å². The first-order valence-electron chi connectivity index (χ1n) is 6.93. The van der Waals surface area contributed by atoms with E-state index in [9.17, 15) is 9.59 Å². The molecule has 2 atom stereocenters. The predicted molar refractivity (Wildman–Crippen MR) is 71.0 cm³/mol. The summed E-state index contributed by atoms with van der Waals surface area (Å²) in [7, 11) is 0. The molecule has 0 aromatic rings. The molecule has 2 unspecified atom stereocenters. The summed E-state index contributed by atoms with van der Waals surface area (Å²) >= 11 is 0. The number of carboxylic acid groups (broad SMARTS) is 1. The third kappa shape index (κ3) is 7.00. The van der Waals surface area contributed by atoms with Crippen LogP contribution < -0.4 is 10.6 Å². The quantitative estimate of drug-likeness (QED) is 0.611. The van der Waals surface area contributed by atoms with E-state index < -0.39 is 5.97 Å². The van der Waals surface area contributed by atoms with E-state index in [2.05, 4.69) is 17.6 Å². The first kappa shape index (κ1) is 15.8. The van der Waals surface area contributed by atoms with Crippen LogP contribution in [0.4, 0.5) is 4.79 Å². The normalized spacial score (nSPS) is 22.8. The molecule has 0 radical (unpaired) electrons. The average Bonchev–Trinajstić information content (AvgIpc) is 2.36. The number of carbonyl (C=O) groups is 2. The number of urea groups is 1. The van der Waals surface area contributed by atoms with Crippen LogP contribution in [0.1, 0.15) is 39.0 Å². The van der Waals surface area contributed by atoms with Crippen LogP contribution in [0.5, 0.6) is 0 Å². The van der Waals surface area contributed by atoms with Crippen molar-refractivity contribution >= 4 is 12.0 Å². The predicted octanol–water partition coefficient (Wildman–Crippen LogP) is 1.36. The van der Waals surface area contributed by atoms with Crippen molar-refractivity contribution in [3.8, 4) is 0 Å². The molecular formula is C13H24N2O4. The summed E-state index contributed by atoms with van der Waals surface area (Å²) in [5, 5.41) is 14.1. The highest BCUT2D eigenvalue weighted by Crippen LogP contribution is 2.23. The number of aliphatic carboxylic acids is 1. The lowest BCUT2D eigenvalue weighted by Gasteiger charge is -2.29. The van der Waals surface area contributed by atoms with Gasteiger partial charge in [0, 0.05) is 12.6 Å². The lowest BCUT2D eigenvalue weighted by atomic mass is 9.86. The molecule has 0 aliphatic heterocycles. The summed E-state index contributed by atoms with van der Waals surface area (Å²) in [6.45, 7) is 3.07. The van der Waals surface area contributed by atoms with Gasteiger partial charge in [0.1, 0.15) is 0 Å². The van der Waals surface area contributed by atoms with Crippen LogP contribution in [0.2, 0.25) is 0 Å². The summed E-state index contributed by atoms with van der Waals surface area (Å²) in [6, 6.07) is 0.0993. The van der Waals surface area contributed by atoms with Crippen molar-refractivity contribution in [1.29, 1.82) is 0 Å². The SMILES string of the molecule is CC1CCCCC1NC(=O)NCCOCCC(=O)O. The Morgan fingerprint density at radius 3 is 2.68 bits per heavy atom. The molecule has 1 rings (SSSR count). The maximum atomic E-state index is 11.6. The minimum absolute atomic E-state index is 0.00815. The van der Waals surface area contributed by atoms with E-state index in [0.717, 1.165) is 6.42 Å². The monoisotopic (exact) mass is 272 g/mol. The summed E-state index contributed by atoms with van der Waals surface area (Å²) in [6.07, 6.45) is 4.63. The fraction of sp³-hybridized carbons (Fsp3) is 0.846. The first-order valence-corrected chi connectivity index (χ1v) is 6.93. The van der Waals surface area contributed by atoms with Gasteiger partial charge in [0.25, 0.3) is 0 Å². The molecule has 1 saturated carbocycles. The minimum Gasteiger partial charge on any atom is -0.481 e. The van der Waals surface area contributed by atoms with Crippen LogP contribution >= 0.6 is 0 Å². The van der Waals surface area contributed by atoms with Crippen molar-refractivity contribution in [1.82, 2.24) is 10.6 Å². The molecule has 0 bridgehead atoms. The van der Waals surface area contributed by atoms with E-state index in [1.807, 2.05) is 0 Å². The average molecular weight is 272 g/mol. The highest BCUT2D eigenvalue weighted by atomic mass is 16.5. The fourth-order valence-electron chi connectivity index (χ4n) is 2.25. The fourth-order valence-corrected chi connectivity index (χ4v) is 2.25. The largest absolute Gasteiger partial charge is 0.481 e. The molecule has 2 amide bonds. The van der Waals surface area contributed by atoms with E-state index in [0.29, 0.717) is 19.1 Å². The third-order valence-corrected chi connectivity index (χ3v) is 3.42. The zero-order valence-electron chi connectivity index (χ0n) is 11.5. The maximum Gasteiger partial charge on any atom is 0.315 e. The van der Waals surface area contributed by atoms with Gasteiger partial charge in [0.15, 0.2) is 0 Å². The summed E-state index contributed by atoms with van der Waals surface area (Å²) in [5.41, 5.74) is 0. The molecule has 0 spiro atoms. The third-order valence-electron chi connectivity index (χ3n) is 3.42. The zero-order chi connectivity index (χ0) is 14.1. The lowest BCUT2D eigenvalue weighted by Crippen LogP contribution is -2.46. The van der Waals surface area contributed by atoms with Gasteiger partial charge in [0.05, 0.1) is 19.6 Å². The van der Waals surface area contributed by atoms with E-state index in [1.165, 1.54) is 19.3 Å².